The number of carbonyl (C=O) groups is 1. The van der Waals surface area contributed by atoms with Crippen molar-refractivity contribution in [3.05, 3.63) is 0 Å². The van der Waals surface area contributed by atoms with Crippen LogP contribution in [0.2, 0.25) is 0 Å². The standard InChI is InChI=1S/C27H45BrO/c1-17(2)7-6-8-18(3)21-11-12-22-20-10-9-19-15-25(29)24(28)16-27(19,5)23(20)13-14-26(21,22)4/h17-24H,6-16H2,1-5H3/t18-,19-,20-,21-,22+,23+,24+,26+,27-/m0/s1. The molecule has 0 saturated heterocycles. The summed E-state index contributed by atoms with van der Waals surface area (Å²) in [5, 5.41) is 0. The van der Waals surface area contributed by atoms with Crippen molar-refractivity contribution in [2.75, 3.05) is 0 Å². The van der Waals surface area contributed by atoms with Crippen LogP contribution >= 0.6 is 15.9 Å². The molecule has 0 aromatic rings. The molecule has 0 spiro atoms. The molecular formula is C27H45BrO. The summed E-state index contributed by atoms with van der Waals surface area (Å²) in [5.74, 6) is 6.56. The van der Waals surface area contributed by atoms with Gasteiger partial charge in [-0.1, -0.05) is 69.8 Å². The topological polar surface area (TPSA) is 17.1 Å². The minimum absolute atomic E-state index is 0.119. The van der Waals surface area contributed by atoms with Crippen molar-refractivity contribution in [3.8, 4) is 0 Å². The summed E-state index contributed by atoms with van der Waals surface area (Å²) >= 11 is 3.75. The van der Waals surface area contributed by atoms with Gasteiger partial charge in [0.1, 0.15) is 5.78 Å². The van der Waals surface area contributed by atoms with E-state index in [9.17, 15) is 4.79 Å². The van der Waals surface area contributed by atoms with Crippen LogP contribution in [0.3, 0.4) is 0 Å². The summed E-state index contributed by atoms with van der Waals surface area (Å²) in [7, 11) is 0. The Morgan fingerprint density at radius 3 is 2.41 bits per heavy atom. The maximum atomic E-state index is 12.4. The van der Waals surface area contributed by atoms with E-state index in [-0.39, 0.29) is 4.83 Å². The summed E-state index contributed by atoms with van der Waals surface area (Å²) in [6.45, 7) is 12.6. The van der Waals surface area contributed by atoms with Crippen LogP contribution in [0.4, 0.5) is 0 Å². The monoisotopic (exact) mass is 464 g/mol. The van der Waals surface area contributed by atoms with Gasteiger partial charge in [-0.3, -0.25) is 4.79 Å². The molecule has 2 heteroatoms. The highest BCUT2D eigenvalue weighted by Crippen LogP contribution is 2.68. The summed E-state index contributed by atoms with van der Waals surface area (Å²) in [6.07, 6.45) is 14.7. The lowest BCUT2D eigenvalue weighted by Crippen LogP contribution is -2.55. The fourth-order valence-corrected chi connectivity index (χ4v) is 9.97. The predicted molar refractivity (Wildman–Crippen MR) is 126 cm³/mol. The van der Waals surface area contributed by atoms with Gasteiger partial charge in [-0.15, -0.1) is 0 Å². The zero-order chi connectivity index (χ0) is 21.0. The van der Waals surface area contributed by atoms with Crippen molar-refractivity contribution < 1.29 is 4.79 Å². The van der Waals surface area contributed by atoms with Crippen LogP contribution in [0.15, 0.2) is 0 Å². The second-order valence-corrected chi connectivity index (χ2v) is 13.6. The summed E-state index contributed by atoms with van der Waals surface area (Å²) in [6, 6.07) is 0. The maximum absolute atomic E-state index is 12.4. The highest BCUT2D eigenvalue weighted by molar-refractivity contribution is 9.10. The number of rotatable bonds is 5. The molecule has 0 N–H and O–H groups in total. The Morgan fingerprint density at radius 1 is 0.966 bits per heavy atom. The normalized spacial score (nSPS) is 48.2. The third-order valence-corrected chi connectivity index (χ3v) is 11.5. The van der Waals surface area contributed by atoms with Gasteiger partial charge in [0.2, 0.25) is 0 Å². The molecular weight excluding hydrogens is 420 g/mol. The summed E-state index contributed by atoms with van der Waals surface area (Å²) in [5.41, 5.74) is 0.979. The van der Waals surface area contributed by atoms with Crippen molar-refractivity contribution >= 4 is 21.7 Å². The van der Waals surface area contributed by atoms with Gasteiger partial charge in [0, 0.05) is 6.42 Å². The minimum Gasteiger partial charge on any atom is -0.298 e. The van der Waals surface area contributed by atoms with E-state index in [0.29, 0.717) is 22.5 Å². The number of ketones is 1. The highest BCUT2D eigenvalue weighted by atomic mass is 79.9. The zero-order valence-electron chi connectivity index (χ0n) is 19.7. The smallest absolute Gasteiger partial charge is 0.146 e. The van der Waals surface area contributed by atoms with Gasteiger partial charge in [-0.05, 0) is 97.2 Å². The van der Waals surface area contributed by atoms with Crippen molar-refractivity contribution in [3.63, 3.8) is 0 Å². The third kappa shape index (κ3) is 3.80. The van der Waals surface area contributed by atoms with E-state index in [1.54, 1.807) is 0 Å². The average Bonchev–Trinajstić information content (AvgIpc) is 3.00. The second kappa shape index (κ2) is 8.25. The molecule has 29 heavy (non-hydrogen) atoms. The Balaban J connectivity index is 1.48. The van der Waals surface area contributed by atoms with E-state index < -0.39 is 0 Å². The number of Topliss-reactive ketones (excluding diaryl/α,β-unsaturated/α-hetero) is 1. The number of hydrogen-bond donors (Lipinski definition) is 0. The Bertz CT molecular complexity index is 614. The lowest BCUT2D eigenvalue weighted by atomic mass is 9.44. The first-order valence-electron chi connectivity index (χ1n) is 12.8. The van der Waals surface area contributed by atoms with Crippen LogP contribution in [0.5, 0.6) is 0 Å². The predicted octanol–water partition coefficient (Wildman–Crippen LogP) is 8.05. The van der Waals surface area contributed by atoms with Crippen LogP contribution in [-0.4, -0.2) is 10.6 Å². The fourth-order valence-electron chi connectivity index (χ4n) is 9.08. The number of alkyl halides is 1. The molecule has 166 valence electrons. The van der Waals surface area contributed by atoms with E-state index in [1.165, 1.54) is 57.8 Å². The lowest BCUT2D eigenvalue weighted by molar-refractivity contribution is -0.139. The molecule has 4 saturated carbocycles. The molecule has 0 unspecified atom stereocenters. The van der Waals surface area contributed by atoms with E-state index in [1.807, 2.05) is 0 Å². The van der Waals surface area contributed by atoms with Gasteiger partial charge in [0.25, 0.3) is 0 Å². The molecule has 1 nitrogen and oxygen atoms in total. The first-order valence-corrected chi connectivity index (χ1v) is 13.7. The number of hydrogen-bond acceptors (Lipinski definition) is 1. The van der Waals surface area contributed by atoms with E-state index >= 15 is 0 Å². The van der Waals surface area contributed by atoms with Gasteiger partial charge >= 0.3 is 0 Å². The molecule has 4 aliphatic rings. The second-order valence-electron chi connectivity index (χ2n) is 12.5. The van der Waals surface area contributed by atoms with Crippen molar-refractivity contribution in [1.82, 2.24) is 0 Å². The van der Waals surface area contributed by atoms with Crippen LogP contribution in [-0.2, 0) is 4.79 Å². The molecule has 4 rings (SSSR count). The van der Waals surface area contributed by atoms with Gasteiger partial charge in [0.15, 0.2) is 0 Å². The molecule has 0 heterocycles. The summed E-state index contributed by atoms with van der Waals surface area (Å²) < 4.78 is 0. The van der Waals surface area contributed by atoms with Crippen molar-refractivity contribution in [2.45, 2.75) is 110 Å². The molecule has 9 atom stereocenters. The van der Waals surface area contributed by atoms with Crippen LogP contribution in [0.25, 0.3) is 0 Å². The van der Waals surface area contributed by atoms with Gasteiger partial charge in [0.05, 0.1) is 4.83 Å². The van der Waals surface area contributed by atoms with Gasteiger partial charge in [-0.2, -0.15) is 0 Å². The highest BCUT2D eigenvalue weighted by Gasteiger charge is 2.61. The average molecular weight is 466 g/mol. The van der Waals surface area contributed by atoms with E-state index in [0.717, 1.165) is 48.3 Å². The Morgan fingerprint density at radius 2 is 1.69 bits per heavy atom. The van der Waals surface area contributed by atoms with Crippen molar-refractivity contribution in [2.24, 2.45) is 52.3 Å². The Labute approximate surface area is 188 Å². The number of carbonyl (C=O) groups excluding carboxylic acids is 1. The molecule has 0 radical (unpaired) electrons. The van der Waals surface area contributed by atoms with Gasteiger partial charge < -0.3 is 0 Å². The third-order valence-electron chi connectivity index (χ3n) is 10.7. The minimum atomic E-state index is 0.119. The summed E-state index contributed by atoms with van der Waals surface area (Å²) in [4.78, 5) is 12.5. The Hall–Kier alpha value is 0.150. The van der Waals surface area contributed by atoms with Crippen LogP contribution in [0, 0.1) is 52.3 Å². The van der Waals surface area contributed by atoms with Crippen LogP contribution in [0.1, 0.15) is 105 Å². The quantitative estimate of drug-likeness (QED) is 0.375. The molecule has 0 aromatic carbocycles. The first-order chi connectivity index (χ1) is 13.7. The van der Waals surface area contributed by atoms with E-state index in [2.05, 4.69) is 50.5 Å². The molecule has 0 aromatic heterocycles. The van der Waals surface area contributed by atoms with E-state index in [4.69, 9.17) is 0 Å². The number of halogens is 1. The Kier molecular flexibility index (Phi) is 6.36. The lowest BCUT2D eigenvalue weighted by Gasteiger charge is -2.61. The molecule has 4 aliphatic carbocycles. The van der Waals surface area contributed by atoms with Gasteiger partial charge in [-0.25, -0.2) is 0 Å². The number of fused-ring (bicyclic) bond motifs is 5. The van der Waals surface area contributed by atoms with Crippen molar-refractivity contribution in [1.29, 1.82) is 0 Å². The molecule has 0 bridgehead atoms. The SMILES string of the molecule is CC(C)CCC[C@H](C)[C@@H]1CC[C@@H]2[C@@H]3CC[C@H]4CC(=O)[C@H](Br)C[C@]4(C)[C@@H]3CC[C@@]21C. The zero-order valence-corrected chi connectivity index (χ0v) is 21.3. The maximum Gasteiger partial charge on any atom is 0.146 e. The largest absolute Gasteiger partial charge is 0.298 e. The molecule has 4 fully saturated rings. The van der Waals surface area contributed by atoms with Crippen LogP contribution < -0.4 is 0 Å². The first kappa shape index (κ1) is 22.3. The molecule has 0 aliphatic heterocycles. The molecule has 0 amide bonds. The fraction of sp³-hybridized carbons (Fsp3) is 0.963.